The van der Waals surface area contributed by atoms with Crippen LogP contribution in [0.5, 0.6) is 0 Å². The number of carbonyl (C=O) groups excluding carboxylic acids is 1. The maximum absolute atomic E-state index is 13.0. The number of rotatable bonds is 5. The second kappa shape index (κ2) is 8.69. The van der Waals surface area contributed by atoms with E-state index in [1.165, 1.54) is 28.8 Å². The van der Waals surface area contributed by atoms with Crippen LogP contribution < -0.4 is 5.32 Å². The Morgan fingerprint density at radius 2 is 1.88 bits per heavy atom. The van der Waals surface area contributed by atoms with E-state index >= 15 is 0 Å². The number of benzene rings is 1. The third-order valence-electron chi connectivity index (χ3n) is 5.48. The number of fused-ring (bicyclic) bond motifs is 1. The number of aliphatic hydroxyl groups is 1. The van der Waals surface area contributed by atoms with Gasteiger partial charge in [-0.1, -0.05) is 12.1 Å². The van der Waals surface area contributed by atoms with Gasteiger partial charge in [-0.15, -0.1) is 0 Å². The fourth-order valence-electron chi connectivity index (χ4n) is 3.37. The first-order valence-corrected chi connectivity index (χ1v) is 10.5. The highest BCUT2D eigenvalue weighted by molar-refractivity contribution is 5.93. The molecule has 0 saturated heterocycles. The molecular formula is C26H26N6O2. The number of imidazole rings is 1. The molecule has 0 fully saturated rings. The van der Waals surface area contributed by atoms with E-state index in [1.54, 1.807) is 45.0 Å². The van der Waals surface area contributed by atoms with Crippen LogP contribution in [0.1, 0.15) is 56.4 Å². The molecule has 0 aliphatic rings. The predicted octanol–water partition coefficient (Wildman–Crippen LogP) is 3.84. The molecule has 0 aliphatic carbocycles. The van der Waals surface area contributed by atoms with Crippen molar-refractivity contribution in [2.75, 3.05) is 0 Å². The molecule has 0 radical (unpaired) electrons. The van der Waals surface area contributed by atoms with Crippen LogP contribution in [0.2, 0.25) is 0 Å². The first-order chi connectivity index (χ1) is 18.5. The van der Waals surface area contributed by atoms with E-state index in [0.717, 1.165) is 0 Å². The molecule has 0 saturated carbocycles. The summed E-state index contributed by atoms with van der Waals surface area (Å²) in [5.74, 6) is -0.578. The molecular weight excluding hydrogens is 428 g/mol. The van der Waals surface area contributed by atoms with Gasteiger partial charge in [0.15, 0.2) is 5.65 Å². The first kappa shape index (κ1) is 16.5. The Bertz CT molecular complexity index is 1610. The van der Waals surface area contributed by atoms with E-state index in [-0.39, 0.29) is 28.3 Å². The lowest BCUT2D eigenvalue weighted by molar-refractivity contribution is 0.0407. The monoisotopic (exact) mass is 460 g/mol. The standard InChI is InChI=1S/C26H26N6O2/c1-15-11-20(12-16(2)28-15)24-23(19-8-6-7-18(13-19)14-27)30-22-10-9-21(31-32(22)24)25(33)29-17(3)26(4,5)34/h6-13,17,34H,1-5H3,(H,29,33)/t17-/m0/s1/i1D3,2D3. The number of pyridine rings is 1. The van der Waals surface area contributed by atoms with Crippen LogP contribution in [0.4, 0.5) is 0 Å². The summed E-state index contributed by atoms with van der Waals surface area (Å²) in [6.07, 6.45) is 0. The molecule has 0 aliphatic heterocycles. The van der Waals surface area contributed by atoms with Crippen LogP contribution in [0.3, 0.4) is 0 Å². The highest BCUT2D eigenvalue weighted by Gasteiger charge is 2.25. The number of carbonyl (C=O) groups is 1. The molecule has 4 aromatic rings. The highest BCUT2D eigenvalue weighted by atomic mass is 16.3. The molecule has 2 N–H and O–H groups in total. The first-order valence-electron chi connectivity index (χ1n) is 13.5. The topological polar surface area (TPSA) is 116 Å². The van der Waals surface area contributed by atoms with Crippen LogP contribution in [0.15, 0.2) is 48.5 Å². The minimum atomic E-state index is -2.72. The number of hydrogen-bond acceptors (Lipinski definition) is 6. The molecule has 1 aromatic carbocycles. The number of nitriles is 1. The van der Waals surface area contributed by atoms with E-state index in [4.69, 9.17) is 8.22 Å². The summed E-state index contributed by atoms with van der Waals surface area (Å²) in [5, 5.41) is 26.8. The van der Waals surface area contributed by atoms with Crippen molar-refractivity contribution in [3.63, 3.8) is 0 Å². The van der Waals surface area contributed by atoms with Crippen molar-refractivity contribution in [2.24, 2.45) is 0 Å². The Morgan fingerprint density at radius 3 is 2.53 bits per heavy atom. The van der Waals surface area contributed by atoms with E-state index in [2.05, 4.69) is 26.5 Å². The lowest BCUT2D eigenvalue weighted by atomic mass is 10.0. The van der Waals surface area contributed by atoms with Gasteiger partial charge in [-0.2, -0.15) is 10.4 Å². The third-order valence-corrected chi connectivity index (χ3v) is 5.48. The van der Waals surface area contributed by atoms with Crippen molar-refractivity contribution < 1.29 is 18.1 Å². The molecule has 34 heavy (non-hydrogen) atoms. The van der Waals surface area contributed by atoms with Crippen molar-refractivity contribution in [3.8, 4) is 28.6 Å². The van der Waals surface area contributed by atoms with E-state index in [0.29, 0.717) is 11.1 Å². The van der Waals surface area contributed by atoms with Gasteiger partial charge in [0.25, 0.3) is 5.91 Å². The molecule has 1 amide bonds. The quantitative estimate of drug-likeness (QED) is 0.467. The maximum Gasteiger partial charge on any atom is 0.272 e. The summed E-state index contributed by atoms with van der Waals surface area (Å²) in [6, 6.07) is 13.5. The molecule has 172 valence electrons. The van der Waals surface area contributed by atoms with Gasteiger partial charge in [-0.05, 0) is 70.9 Å². The van der Waals surface area contributed by atoms with Crippen LogP contribution in [0.25, 0.3) is 28.2 Å². The lowest BCUT2D eigenvalue weighted by Gasteiger charge is -2.26. The zero-order valence-electron chi connectivity index (χ0n) is 24.8. The van der Waals surface area contributed by atoms with Crippen molar-refractivity contribution in [1.29, 1.82) is 5.26 Å². The second-order valence-electron chi connectivity index (χ2n) is 8.47. The van der Waals surface area contributed by atoms with E-state index in [1.807, 2.05) is 0 Å². The average Bonchev–Trinajstić information content (AvgIpc) is 3.25. The Balaban J connectivity index is 2.02. The fourth-order valence-corrected chi connectivity index (χ4v) is 3.37. The minimum absolute atomic E-state index is 0.0271. The fraction of sp³-hybridized carbons (Fsp3) is 0.269. The number of amides is 1. The summed E-state index contributed by atoms with van der Waals surface area (Å²) in [4.78, 5) is 21.5. The van der Waals surface area contributed by atoms with Crippen LogP contribution in [-0.4, -0.2) is 42.2 Å². The Hall–Kier alpha value is -4.09. The molecule has 0 spiro atoms. The summed E-state index contributed by atoms with van der Waals surface area (Å²) in [5.41, 5.74) is -0.354. The Kier molecular flexibility index (Phi) is 4.22. The van der Waals surface area contributed by atoms with Crippen molar-refractivity contribution in [3.05, 3.63) is 71.2 Å². The maximum atomic E-state index is 13.0. The zero-order chi connectivity index (χ0) is 29.6. The normalized spacial score (nSPS) is 15.7. The van der Waals surface area contributed by atoms with Gasteiger partial charge in [0.05, 0.1) is 29.0 Å². The van der Waals surface area contributed by atoms with Gasteiger partial charge in [0, 0.05) is 30.7 Å². The van der Waals surface area contributed by atoms with E-state index in [9.17, 15) is 15.2 Å². The highest BCUT2D eigenvalue weighted by Crippen LogP contribution is 2.33. The third kappa shape index (κ3) is 4.51. The number of nitrogens with zero attached hydrogens (tertiary/aromatic N) is 5. The molecule has 3 heterocycles. The van der Waals surface area contributed by atoms with Gasteiger partial charge < -0.3 is 10.4 Å². The van der Waals surface area contributed by atoms with Gasteiger partial charge in [-0.3, -0.25) is 9.78 Å². The summed E-state index contributed by atoms with van der Waals surface area (Å²) in [7, 11) is 0. The SMILES string of the molecule is [2H]C([2H])([2H])c1cc(-c2c(-c3cccc(C#N)c3)nc3ccc(C(=O)N[C@@H](C)C(C)(C)O)nn23)cc(C([2H])([2H])[2H])n1. The number of aromatic nitrogens is 4. The summed E-state index contributed by atoms with van der Waals surface area (Å²) in [6.45, 7) is -0.688. The smallest absolute Gasteiger partial charge is 0.272 e. The Labute approximate surface area is 206 Å². The summed E-state index contributed by atoms with van der Waals surface area (Å²) >= 11 is 0. The van der Waals surface area contributed by atoms with Gasteiger partial charge in [0.2, 0.25) is 0 Å². The molecule has 1 atom stereocenters. The molecule has 0 unspecified atom stereocenters. The lowest BCUT2D eigenvalue weighted by Crippen LogP contribution is -2.47. The van der Waals surface area contributed by atoms with Crippen molar-refractivity contribution in [2.45, 2.75) is 46.1 Å². The largest absolute Gasteiger partial charge is 0.388 e. The number of hydrogen-bond donors (Lipinski definition) is 2. The average molecular weight is 461 g/mol. The molecule has 4 rings (SSSR count). The molecule has 3 aromatic heterocycles. The van der Waals surface area contributed by atoms with Crippen molar-refractivity contribution in [1.82, 2.24) is 24.9 Å². The molecule has 8 heteroatoms. The predicted molar refractivity (Wildman–Crippen MR) is 129 cm³/mol. The number of aryl methyl sites for hydroxylation is 2. The van der Waals surface area contributed by atoms with Gasteiger partial charge in [0.1, 0.15) is 11.4 Å². The zero-order valence-corrected chi connectivity index (χ0v) is 18.8. The van der Waals surface area contributed by atoms with Gasteiger partial charge in [-0.25, -0.2) is 9.50 Å². The molecule has 0 bridgehead atoms. The van der Waals surface area contributed by atoms with Crippen LogP contribution in [0, 0.1) is 25.0 Å². The van der Waals surface area contributed by atoms with Crippen LogP contribution >= 0.6 is 0 Å². The van der Waals surface area contributed by atoms with Crippen LogP contribution in [-0.2, 0) is 0 Å². The second-order valence-corrected chi connectivity index (χ2v) is 8.47. The minimum Gasteiger partial charge on any atom is -0.388 e. The van der Waals surface area contributed by atoms with Gasteiger partial charge >= 0.3 is 0 Å². The van der Waals surface area contributed by atoms with E-state index < -0.39 is 42.6 Å². The van der Waals surface area contributed by atoms with Crippen molar-refractivity contribution >= 4 is 11.6 Å². The summed E-state index contributed by atoms with van der Waals surface area (Å²) < 4.78 is 48.6. The number of nitrogens with one attached hydrogen (secondary N) is 1. The Morgan fingerprint density at radius 1 is 1.15 bits per heavy atom. The molecule has 8 nitrogen and oxygen atoms in total.